The second-order valence-electron chi connectivity index (χ2n) is 7.34. The van der Waals surface area contributed by atoms with Crippen molar-refractivity contribution in [1.82, 2.24) is 23.9 Å². The molecule has 0 fully saturated rings. The number of nitrogens with zero attached hydrogens (tertiary/aromatic N) is 5. The Morgan fingerprint density at radius 2 is 1.94 bits per heavy atom. The van der Waals surface area contributed by atoms with Crippen molar-refractivity contribution in [3.63, 3.8) is 0 Å². The lowest BCUT2D eigenvalue weighted by Crippen LogP contribution is -2.12. The van der Waals surface area contributed by atoms with Gasteiger partial charge in [-0.15, -0.1) is 0 Å². The Kier molecular flexibility index (Phi) is 5.77. The zero-order valence-corrected chi connectivity index (χ0v) is 17.1. The van der Waals surface area contributed by atoms with Gasteiger partial charge >= 0.3 is 6.18 Å². The third-order valence-electron chi connectivity index (χ3n) is 4.84. The standard InChI is InChI=1S/C23H18F3N5O/c1-30-15-28-13-19(30)3-2-16-5-7-31-21(14-29-22(31)10-16)18-8-17(11-27-12-18)9-20(32)4-6-23(24,25)26/h5,7-8,10-15H,4,6,9H2,1H3. The van der Waals surface area contributed by atoms with E-state index in [4.69, 9.17) is 0 Å². The third-order valence-corrected chi connectivity index (χ3v) is 4.84. The fourth-order valence-corrected chi connectivity index (χ4v) is 3.21. The number of aromatic nitrogens is 5. The van der Waals surface area contributed by atoms with Gasteiger partial charge in [-0.2, -0.15) is 13.2 Å². The first-order valence-corrected chi connectivity index (χ1v) is 9.77. The quantitative estimate of drug-likeness (QED) is 0.443. The van der Waals surface area contributed by atoms with Gasteiger partial charge in [0.2, 0.25) is 0 Å². The number of Topliss-reactive ketones (excluding diaryl/α,β-unsaturated/α-hetero) is 1. The van der Waals surface area contributed by atoms with E-state index >= 15 is 0 Å². The van der Waals surface area contributed by atoms with Crippen molar-refractivity contribution in [2.24, 2.45) is 7.05 Å². The minimum Gasteiger partial charge on any atom is -0.327 e. The van der Waals surface area contributed by atoms with Crippen LogP contribution in [0.2, 0.25) is 0 Å². The molecule has 0 atom stereocenters. The number of ketones is 1. The lowest BCUT2D eigenvalue weighted by Gasteiger charge is -2.07. The van der Waals surface area contributed by atoms with Gasteiger partial charge in [-0.3, -0.25) is 14.2 Å². The normalized spacial score (nSPS) is 11.4. The van der Waals surface area contributed by atoms with E-state index in [1.165, 1.54) is 6.20 Å². The van der Waals surface area contributed by atoms with Crippen LogP contribution >= 0.6 is 0 Å². The molecule has 0 spiro atoms. The molecule has 0 aliphatic carbocycles. The van der Waals surface area contributed by atoms with E-state index in [1.54, 1.807) is 31.0 Å². The van der Waals surface area contributed by atoms with Gasteiger partial charge in [0.15, 0.2) is 0 Å². The van der Waals surface area contributed by atoms with E-state index in [0.29, 0.717) is 16.8 Å². The topological polar surface area (TPSA) is 65.1 Å². The van der Waals surface area contributed by atoms with Gasteiger partial charge < -0.3 is 4.57 Å². The molecule has 4 aromatic heterocycles. The van der Waals surface area contributed by atoms with E-state index in [0.717, 1.165) is 17.0 Å². The number of pyridine rings is 2. The number of fused-ring (bicyclic) bond motifs is 1. The Labute approximate surface area is 181 Å². The van der Waals surface area contributed by atoms with E-state index < -0.39 is 24.8 Å². The van der Waals surface area contributed by atoms with Crippen LogP contribution in [0.5, 0.6) is 0 Å². The highest BCUT2D eigenvalue weighted by atomic mass is 19.4. The summed E-state index contributed by atoms with van der Waals surface area (Å²) in [5.41, 5.74) is 4.29. The van der Waals surface area contributed by atoms with E-state index in [1.807, 2.05) is 34.3 Å². The smallest absolute Gasteiger partial charge is 0.327 e. The Hall–Kier alpha value is -3.93. The molecule has 4 rings (SSSR count). The van der Waals surface area contributed by atoms with Crippen LogP contribution in [-0.2, 0) is 18.3 Å². The molecule has 0 bridgehead atoms. The number of rotatable bonds is 5. The second kappa shape index (κ2) is 8.67. The number of imidazole rings is 2. The van der Waals surface area contributed by atoms with Crippen molar-refractivity contribution in [1.29, 1.82) is 0 Å². The summed E-state index contributed by atoms with van der Waals surface area (Å²) in [5, 5.41) is 0. The summed E-state index contributed by atoms with van der Waals surface area (Å²) < 4.78 is 40.7. The summed E-state index contributed by atoms with van der Waals surface area (Å²) in [6.45, 7) is 0. The predicted octanol–water partition coefficient (Wildman–Crippen LogP) is 3.98. The SMILES string of the molecule is Cn1cncc1C#Cc1ccn2c(-c3cncc(CC(=O)CCC(F)(F)F)c3)cnc2c1. The Balaban J connectivity index is 1.54. The summed E-state index contributed by atoms with van der Waals surface area (Å²) >= 11 is 0. The van der Waals surface area contributed by atoms with Crippen LogP contribution in [0.4, 0.5) is 13.2 Å². The van der Waals surface area contributed by atoms with Gasteiger partial charge in [0.05, 0.1) is 30.8 Å². The number of hydrogen-bond donors (Lipinski definition) is 0. The molecule has 0 aliphatic heterocycles. The van der Waals surface area contributed by atoms with Gasteiger partial charge in [-0.05, 0) is 29.7 Å². The Morgan fingerprint density at radius 3 is 2.69 bits per heavy atom. The van der Waals surface area contributed by atoms with Crippen molar-refractivity contribution < 1.29 is 18.0 Å². The van der Waals surface area contributed by atoms with Crippen LogP contribution in [0, 0.1) is 11.8 Å². The molecular weight excluding hydrogens is 419 g/mol. The molecule has 0 amide bonds. The monoisotopic (exact) mass is 437 g/mol. The molecule has 0 radical (unpaired) electrons. The van der Waals surface area contributed by atoms with E-state index in [2.05, 4.69) is 26.8 Å². The molecule has 4 aromatic rings. The molecule has 9 heteroatoms. The van der Waals surface area contributed by atoms with Crippen molar-refractivity contribution in [2.45, 2.75) is 25.4 Å². The summed E-state index contributed by atoms with van der Waals surface area (Å²) in [5.74, 6) is 5.67. The minimum atomic E-state index is -4.34. The summed E-state index contributed by atoms with van der Waals surface area (Å²) in [7, 11) is 1.87. The van der Waals surface area contributed by atoms with Crippen molar-refractivity contribution in [2.75, 3.05) is 0 Å². The zero-order valence-electron chi connectivity index (χ0n) is 17.1. The Bertz CT molecular complexity index is 1340. The van der Waals surface area contributed by atoms with Crippen molar-refractivity contribution >= 4 is 11.4 Å². The largest absolute Gasteiger partial charge is 0.389 e. The predicted molar refractivity (Wildman–Crippen MR) is 112 cm³/mol. The highest BCUT2D eigenvalue weighted by Gasteiger charge is 2.27. The highest BCUT2D eigenvalue weighted by Crippen LogP contribution is 2.24. The average Bonchev–Trinajstić information content (AvgIpc) is 3.36. The number of alkyl halides is 3. The molecule has 0 N–H and O–H groups in total. The van der Waals surface area contributed by atoms with Gasteiger partial charge in [-0.25, -0.2) is 9.97 Å². The van der Waals surface area contributed by atoms with Gasteiger partial charge in [0.25, 0.3) is 0 Å². The fourth-order valence-electron chi connectivity index (χ4n) is 3.21. The van der Waals surface area contributed by atoms with E-state index in [9.17, 15) is 18.0 Å². The molecule has 0 aliphatic rings. The van der Waals surface area contributed by atoms with Crippen LogP contribution in [-0.4, -0.2) is 35.9 Å². The van der Waals surface area contributed by atoms with Gasteiger partial charge in [-0.1, -0.05) is 5.92 Å². The molecule has 32 heavy (non-hydrogen) atoms. The number of carbonyl (C=O) groups excluding carboxylic acids is 1. The number of carbonyl (C=O) groups is 1. The number of halogens is 3. The van der Waals surface area contributed by atoms with Gasteiger partial charge in [0.1, 0.15) is 17.1 Å². The lowest BCUT2D eigenvalue weighted by atomic mass is 10.0. The van der Waals surface area contributed by atoms with Crippen molar-refractivity contribution in [3.05, 3.63) is 72.3 Å². The maximum absolute atomic E-state index is 12.3. The fraction of sp³-hybridized carbons (Fsp3) is 0.217. The van der Waals surface area contributed by atoms with E-state index in [-0.39, 0.29) is 6.42 Å². The van der Waals surface area contributed by atoms with Crippen LogP contribution in [0.3, 0.4) is 0 Å². The number of hydrogen-bond acceptors (Lipinski definition) is 4. The summed E-state index contributed by atoms with van der Waals surface area (Å²) in [6, 6.07) is 5.46. The number of aryl methyl sites for hydroxylation is 1. The van der Waals surface area contributed by atoms with Crippen LogP contribution in [0.15, 0.2) is 55.5 Å². The molecule has 0 saturated heterocycles. The lowest BCUT2D eigenvalue weighted by molar-refractivity contribution is -0.143. The van der Waals surface area contributed by atoms with Crippen LogP contribution in [0.1, 0.15) is 29.7 Å². The minimum absolute atomic E-state index is 0.0958. The third kappa shape index (κ3) is 5.03. The highest BCUT2D eigenvalue weighted by molar-refractivity contribution is 5.81. The van der Waals surface area contributed by atoms with Crippen LogP contribution in [0.25, 0.3) is 16.9 Å². The summed E-state index contributed by atoms with van der Waals surface area (Å²) in [6.07, 6.45) is 3.92. The first-order valence-electron chi connectivity index (χ1n) is 9.77. The first-order chi connectivity index (χ1) is 15.3. The maximum Gasteiger partial charge on any atom is 0.389 e. The Morgan fingerprint density at radius 1 is 1.09 bits per heavy atom. The molecule has 6 nitrogen and oxygen atoms in total. The molecular formula is C23H18F3N5O. The molecule has 0 saturated carbocycles. The average molecular weight is 437 g/mol. The van der Waals surface area contributed by atoms with Crippen molar-refractivity contribution in [3.8, 4) is 23.1 Å². The van der Waals surface area contributed by atoms with Gasteiger partial charge in [0, 0.05) is 49.6 Å². The maximum atomic E-state index is 12.3. The molecule has 162 valence electrons. The first kappa shape index (κ1) is 21.3. The molecule has 4 heterocycles. The summed E-state index contributed by atoms with van der Waals surface area (Å²) in [4.78, 5) is 24.5. The second-order valence-corrected chi connectivity index (χ2v) is 7.34. The molecule has 0 aromatic carbocycles. The van der Waals surface area contributed by atoms with Crippen LogP contribution < -0.4 is 0 Å². The zero-order chi connectivity index (χ0) is 22.7. The molecule has 0 unspecified atom stereocenters.